The van der Waals surface area contributed by atoms with Crippen LogP contribution in [0.2, 0.25) is 29.8 Å². The highest BCUT2D eigenvalue weighted by atomic mass is 28.4. The van der Waals surface area contributed by atoms with Gasteiger partial charge in [-0.05, 0) is 64.5 Å². The maximum absolute atomic E-state index is 6.66. The van der Waals surface area contributed by atoms with E-state index in [9.17, 15) is 0 Å². The first-order valence-corrected chi connectivity index (χ1v) is 13.5. The smallest absolute Gasteiger partial charge is 0.192 e. The summed E-state index contributed by atoms with van der Waals surface area (Å²) >= 11 is 0. The van der Waals surface area contributed by atoms with Gasteiger partial charge in [-0.2, -0.15) is 0 Å². The lowest BCUT2D eigenvalue weighted by atomic mass is 10.2. The Balaban J connectivity index is 5.28. The largest absolute Gasteiger partial charge is 0.415 e. The predicted octanol–water partition coefficient (Wildman–Crippen LogP) is 5.74. The van der Waals surface area contributed by atoms with E-state index < -0.39 is 16.6 Å². The van der Waals surface area contributed by atoms with Gasteiger partial charge >= 0.3 is 0 Å². The Kier molecular flexibility index (Phi) is 8.25. The Morgan fingerprint density at radius 3 is 1.45 bits per heavy atom. The summed E-state index contributed by atoms with van der Waals surface area (Å²) in [7, 11) is -3.33. The van der Waals surface area contributed by atoms with Crippen molar-refractivity contribution in [2.24, 2.45) is 0 Å². The van der Waals surface area contributed by atoms with Gasteiger partial charge in [0.15, 0.2) is 16.6 Å². The number of hydrogen-bond donors (Lipinski definition) is 0. The summed E-state index contributed by atoms with van der Waals surface area (Å²) in [5, 5.41) is 0. The molecular weight excluding hydrogens is 280 g/mol. The fourth-order valence-electron chi connectivity index (χ4n) is 3.13. The van der Waals surface area contributed by atoms with Crippen LogP contribution in [0.4, 0.5) is 0 Å². The van der Waals surface area contributed by atoms with E-state index >= 15 is 0 Å². The van der Waals surface area contributed by atoms with Crippen molar-refractivity contribution in [1.82, 2.24) is 0 Å². The molecule has 122 valence electrons. The summed E-state index contributed by atoms with van der Waals surface area (Å²) in [6.45, 7) is 20.2. The van der Waals surface area contributed by atoms with Crippen molar-refractivity contribution in [3.8, 4) is 0 Å². The minimum Gasteiger partial charge on any atom is -0.415 e. The molecule has 0 aliphatic carbocycles. The third-order valence-electron chi connectivity index (χ3n) is 4.23. The van der Waals surface area contributed by atoms with Crippen molar-refractivity contribution in [3.05, 3.63) is 0 Å². The highest BCUT2D eigenvalue weighted by Gasteiger charge is 2.45. The number of hydrogen-bond acceptors (Lipinski definition) is 2. The van der Waals surface area contributed by atoms with Crippen molar-refractivity contribution in [2.75, 3.05) is 0 Å². The molecule has 0 spiro atoms. The van der Waals surface area contributed by atoms with Crippen LogP contribution >= 0.6 is 0 Å². The summed E-state index contributed by atoms with van der Waals surface area (Å²) in [5.74, 6) is 0. The molecule has 0 saturated carbocycles. The predicted molar refractivity (Wildman–Crippen MR) is 95.3 cm³/mol. The zero-order valence-electron chi connectivity index (χ0n) is 15.4. The Labute approximate surface area is 129 Å². The van der Waals surface area contributed by atoms with Gasteiger partial charge in [0.2, 0.25) is 0 Å². The normalized spacial score (nSPS) is 14.1. The molecule has 0 heterocycles. The summed E-state index contributed by atoms with van der Waals surface area (Å²) in [5.41, 5.74) is 1.23. The molecule has 0 amide bonds. The zero-order valence-corrected chi connectivity index (χ0v) is 17.4. The van der Waals surface area contributed by atoms with Crippen LogP contribution in [0.1, 0.15) is 62.3 Å². The van der Waals surface area contributed by atoms with E-state index in [-0.39, 0.29) is 5.60 Å². The van der Waals surface area contributed by atoms with Crippen molar-refractivity contribution in [1.29, 1.82) is 0 Å². The van der Waals surface area contributed by atoms with E-state index in [0.717, 1.165) is 0 Å². The van der Waals surface area contributed by atoms with Crippen LogP contribution in [0, 0.1) is 0 Å². The maximum Gasteiger partial charge on any atom is 0.192 e. The second-order valence-corrected chi connectivity index (χ2v) is 16.8. The minimum atomic E-state index is -1.69. The van der Waals surface area contributed by atoms with E-state index in [4.69, 9.17) is 8.85 Å². The van der Waals surface area contributed by atoms with Crippen LogP contribution in [-0.4, -0.2) is 28.3 Å². The van der Waals surface area contributed by atoms with Crippen LogP contribution in [0.15, 0.2) is 0 Å². The first-order valence-electron chi connectivity index (χ1n) is 8.45. The van der Waals surface area contributed by atoms with Gasteiger partial charge in [-0.15, -0.1) is 0 Å². The van der Waals surface area contributed by atoms with E-state index in [1.807, 2.05) is 0 Å². The van der Waals surface area contributed by atoms with Crippen LogP contribution < -0.4 is 0 Å². The van der Waals surface area contributed by atoms with Gasteiger partial charge in [-0.25, -0.2) is 0 Å². The third-order valence-corrected chi connectivity index (χ3v) is 16.6. The van der Waals surface area contributed by atoms with Crippen molar-refractivity contribution >= 4 is 16.6 Å². The van der Waals surface area contributed by atoms with Gasteiger partial charge in [-0.3, -0.25) is 0 Å². The molecule has 20 heavy (non-hydrogen) atoms. The lowest BCUT2D eigenvalue weighted by Gasteiger charge is -2.43. The summed E-state index contributed by atoms with van der Waals surface area (Å²) in [6, 6.07) is 4.84. The first-order chi connectivity index (χ1) is 9.07. The highest BCUT2D eigenvalue weighted by molar-refractivity contribution is 6.91. The molecule has 4 heteroatoms. The SMILES string of the molecule is CC[Si](CC)(C[Si](CC)(CC)OC(C)(C)C)OC(C)C. The molecule has 0 saturated heterocycles. The summed E-state index contributed by atoms with van der Waals surface area (Å²) in [6.07, 6.45) is 0.344. The van der Waals surface area contributed by atoms with Crippen LogP contribution in [0.3, 0.4) is 0 Å². The minimum absolute atomic E-state index is 0.0301. The fourth-order valence-corrected chi connectivity index (χ4v) is 16.4. The first kappa shape index (κ1) is 20.4. The molecule has 0 aromatic rings. The molecule has 0 aromatic carbocycles. The van der Waals surface area contributed by atoms with E-state index in [1.165, 1.54) is 29.8 Å². The van der Waals surface area contributed by atoms with Crippen LogP contribution in [0.25, 0.3) is 0 Å². The van der Waals surface area contributed by atoms with Gasteiger partial charge in [0.05, 0.1) is 0 Å². The summed E-state index contributed by atoms with van der Waals surface area (Å²) in [4.78, 5) is 0. The molecule has 0 unspecified atom stereocenters. The Morgan fingerprint density at radius 2 is 1.20 bits per heavy atom. The van der Waals surface area contributed by atoms with E-state index in [0.29, 0.717) is 6.10 Å². The monoisotopic (exact) mass is 318 g/mol. The third kappa shape index (κ3) is 6.41. The molecule has 0 fully saturated rings. The quantitative estimate of drug-likeness (QED) is 0.505. The van der Waals surface area contributed by atoms with E-state index in [1.54, 1.807) is 0 Å². The summed E-state index contributed by atoms with van der Waals surface area (Å²) < 4.78 is 13.2. The van der Waals surface area contributed by atoms with Crippen molar-refractivity contribution < 1.29 is 8.85 Å². The van der Waals surface area contributed by atoms with Crippen LogP contribution in [-0.2, 0) is 8.85 Å². The molecule has 2 nitrogen and oxygen atoms in total. The molecular formula is C16H38O2Si2. The highest BCUT2D eigenvalue weighted by Crippen LogP contribution is 2.36. The molecule has 0 N–H and O–H groups in total. The second kappa shape index (κ2) is 8.11. The molecule has 0 atom stereocenters. The van der Waals surface area contributed by atoms with Crippen molar-refractivity contribution in [2.45, 2.75) is 104 Å². The van der Waals surface area contributed by atoms with E-state index in [2.05, 4.69) is 62.3 Å². The average Bonchev–Trinajstić information content (AvgIpc) is 2.34. The average molecular weight is 319 g/mol. The fraction of sp³-hybridized carbons (Fsp3) is 1.00. The molecule has 0 rings (SSSR count). The molecule has 0 radical (unpaired) electrons. The van der Waals surface area contributed by atoms with Gasteiger partial charge in [0, 0.05) is 11.7 Å². The topological polar surface area (TPSA) is 18.5 Å². The molecule has 0 aromatic heterocycles. The standard InChI is InChI=1S/C16H38O2Si2/c1-10-19(11-2,17-15(5)6)14-20(12-3,13-4)18-16(7,8)9/h15H,10-14H2,1-9H3. The van der Waals surface area contributed by atoms with Crippen molar-refractivity contribution in [3.63, 3.8) is 0 Å². The second-order valence-electron chi connectivity index (χ2n) is 7.34. The van der Waals surface area contributed by atoms with Gasteiger partial charge < -0.3 is 8.85 Å². The van der Waals surface area contributed by atoms with Gasteiger partial charge in [0.25, 0.3) is 0 Å². The Bertz CT molecular complexity index is 264. The molecule has 0 aliphatic heterocycles. The van der Waals surface area contributed by atoms with Crippen LogP contribution in [0.5, 0.6) is 0 Å². The number of rotatable bonds is 9. The Hall–Kier alpha value is 0.354. The zero-order chi connectivity index (χ0) is 16.0. The Morgan fingerprint density at radius 1 is 0.800 bits per heavy atom. The molecule has 0 bridgehead atoms. The maximum atomic E-state index is 6.66. The lowest BCUT2D eigenvalue weighted by molar-refractivity contribution is 0.116. The lowest BCUT2D eigenvalue weighted by Crippen LogP contribution is -2.53. The molecule has 0 aliphatic rings. The van der Waals surface area contributed by atoms with Gasteiger partial charge in [-0.1, -0.05) is 27.7 Å². The van der Waals surface area contributed by atoms with Gasteiger partial charge in [0.1, 0.15) is 0 Å².